The standard InChI is InChI=1S/C38H40N6O5S/c1-37(2,3)48-35(45)43-30(19-28-27(14-15-40-33(28)43)31-13-10-16-50-31)32-29-18-24(21-41-34(29)44(42-32)36(46)49-38(4,5)6)23-17-26(22-39-20-23)47-25-11-8-7-9-12-25/h10,13-22,25H,7-9,11-12H2,1-6H3. The van der Waals surface area contributed by atoms with Crippen LogP contribution in [0.4, 0.5) is 9.59 Å². The van der Waals surface area contributed by atoms with Gasteiger partial charge in [-0.1, -0.05) is 12.5 Å². The minimum absolute atomic E-state index is 0.169. The van der Waals surface area contributed by atoms with Crippen LogP contribution in [0.5, 0.6) is 5.75 Å². The lowest BCUT2D eigenvalue weighted by molar-refractivity contribution is 0.0519. The third kappa shape index (κ3) is 6.84. The monoisotopic (exact) mass is 692 g/mol. The van der Waals surface area contributed by atoms with Crippen molar-refractivity contribution in [3.05, 3.63) is 66.6 Å². The molecule has 0 N–H and O–H groups in total. The zero-order valence-corrected chi connectivity index (χ0v) is 29.9. The van der Waals surface area contributed by atoms with E-state index in [2.05, 4.69) is 9.97 Å². The topological polar surface area (TPSA) is 123 Å². The summed E-state index contributed by atoms with van der Waals surface area (Å²) < 4.78 is 20.5. The fourth-order valence-corrected chi connectivity index (χ4v) is 6.98. The Balaban J connectivity index is 1.43. The number of hydrogen-bond acceptors (Lipinski definition) is 10. The van der Waals surface area contributed by atoms with Crippen molar-refractivity contribution in [1.82, 2.24) is 29.3 Å². The molecule has 0 amide bonds. The fourth-order valence-electron chi connectivity index (χ4n) is 6.21. The van der Waals surface area contributed by atoms with Crippen LogP contribution in [0.3, 0.4) is 0 Å². The number of fused-ring (bicyclic) bond motifs is 2. The highest BCUT2D eigenvalue weighted by atomic mass is 32.1. The number of nitrogens with zero attached hydrogens (tertiary/aromatic N) is 6. The normalized spacial score (nSPS) is 14.3. The van der Waals surface area contributed by atoms with Gasteiger partial charge in [0.1, 0.15) is 22.6 Å². The summed E-state index contributed by atoms with van der Waals surface area (Å²) in [5.41, 5.74) is 2.26. The second-order valence-electron chi connectivity index (χ2n) is 14.5. The van der Waals surface area contributed by atoms with E-state index in [4.69, 9.17) is 24.3 Å². The van der Waals surface area contributed by atoms with Gasteiger partial charge in [-0.2, -0.15) is 5.10 Å². The maximum absolute atomic E-state index is 14.0. The Bertz CT molecular complexity index is 2200. The van der Waals surface area contributed by atoms with E-state index in [0.29, 0.717) is 28.2 Å². The highest BCUT2D eigenvalue weighted by Gasteiger charge is 2.30. The molecular weight excluding hydrogens is 653 g/mol. The molecule has 11 nitrogen and oxygen atoms in total. The molecule has 6 aromatic heterocycles. The Labute approximate surface area is 294 Å². The van der Waals surface area contributed by atoms with Gasteiger partial charge < -0.3 is 14.2 Å². The number of ether oxygens (including phenoxy) is 3. The third-order valence-corrected chi connectivity index (χ3v) is 9.20. The molecule has 12 heteroatoms. The van der Waals surface area contributed by atoms with E-state index in [1.165, 1.54) is 11.0 Å². The first-order valence-corrected chi connectivity index (χ1v) is 17.7. The van der Waals surface area contributed by atoms with Gasteiger partial charge in [-0.15, -0.1) is 16.0 Å². The minimum atomic E-state index is -0.791. The predicted molar refractivity (Wildman–Crippen MR) is 194 cm³/mol. The molecule has 0 spiro atoms. The van der Waals surface area contributed by atoms with Crippen LogP contribution in [-0.4, -0.2) is 58.8 Å². The average Bonchev–Trinajstić information content (AvgIpc) is 3.81. The van der Waals surface area contributed by atoms with Crippen molar-refractivity contribution in [2.75, 3.05) is 0 Å². The molecule has 0 radical (unpaired) electrons. The first kappa shape index (κ1) is 33.4. The molecule has 1 aliphatic carbocycles. The molecular formula is C38H40N6O5S. The van der Waals surface area contributed by atoms with Gasteiger partial charge in [-0.3, -0.25) is 4.98 Å². The zero-order chi connectivity index (χ0) is 35.2. The number of rotatable bonds is 5. The number of pyridine rings is 3. The second-order valence-corrected chi connectivity index (χ2v) is 15.5. The van der Waals surface area contributed by atoms with Crippen LogP contribution in [0.25, 0.3) is 55.0 Å². The molecule has 50 heavy (non-hydrogen) atoms. The van der Waals surface area contributed by atoms with E-state index >= 15 is 0 Å². The van der Waals surface area contributed by atoms with Crippen molar-refractivity contribution >= 4 is 45.6 Å². The molecule has 258 valence electrons. The van der Waals surface area contributed by atoms with Gasteiger partial charge >= 0.3 is 12.2 Å². The van der Waals surface area contributed by atoms with Crippen LogP contribution in [0.1, 0.15) is 73.6 Å². The first-order valence-electron chi connectivity index (χ1n) is 16.9. The lowest BCUT2D eigenvalue weighted by Crippen LogP contribution is -2.28. The van der Waals surface area contributed by atoms with Crippen molar-refractivity contribution in [1.29, 1.82) is 0 Å². The Hall–Kier alpha value is -5.10. The maximum atomic E-state index is 14.0. The zero-order valence-electron chi connectivity index (χ0n) is 29.1. The van der Waals surface area contributed by atoms with Gasteiger partial charge in [-0.25, -0.2) is 24.1 Å². The molecule has 1 aliphatic rings. The molecule has 0 aliphatic heterocycles. The van der Waals surface area contributed by atoms with Crippen LogP contribution in [-0.2, 0) is 9.47 Å². The molecule has 0 aromatic carbocycles. The van der Waals surface area contributed by atoms with Gasteiger partial charge in [-0.05, 0) is 103 Å². The Kier molecular flexibility index (Phi) is 8.67. The maximum Gasteiger partial charge on any atom is 0.437 e. The molecule has 1 fully saturated rings. The molecule has 7 rings (SSSR count). The van der Waals surface area contributed by atoms with Gasteiger partial charge in [0.25, 0.3) is 0 Å². The third-order valence-electron chi connectivity index (χ3n) is 8.30. The number of carbonyl (C=O) groups is 2. The van der Waals surface area contributed by atoms with E-state index in [0.717, 1.165) is 57.3 Å². The fraction of sp³-hybridized carbons (Fsp3) is 0.368. The van der Waals surface area contributed by atoms with Gasteiger partial charge in [0.15, 0.2) is 11.3 Å². The molecule has 0 unspecified atom stereocenters. The van der Waals surface area contributed by atoms with Gasteiger partial charge in [0.05, 0.1) is 18.0 Å². The first-order chi connectivity index (χ1) is 23.8. The van der Waals surface area contributed by atoms with E-state index in [1.54, 1.807) is 56.9 Å². The van der Waals surface area contributed by atoms with E-state index < -0.39 is 23.4 Å². The summed E-state index contributed by atoms with van der Waals surface area (Å²) in [5, 5.41) is 8.04. The summed E-state index contributed by atoms with van der Waals surface area (Å²) in [7, 11) is 0. The largest absolute Gasteiger partial charge is 0.489 e. The quantitative estimate of drug-likeness (QED) is 0.174. The number of thiophene rings is 1. The van der Waals surface area contributed by atoms with Crippen molar-refractivity contribution in [2.45, 2.75) is 91.0 Å². The SMILES string of the molecule is CC(C)(C)OC(=O)n1nc(-c2cc3c(-c4cccs4)ccnc3n2C(=O)OC(C)(C)C)c2cc(-c3cncc(OC4CCCCC4)c3)cnc21. The van der Waals surface area contributed by atoms with Crippen LogP contribution in [0, 0.1) is 0 Å². The molecule has 6 aromatic rings. The summed E-state index contributed by atoms with van der Waals surface area (Å²) >= 11 is 1.59. The number of aromatic nitrogens is 6. The highest BCUT2D eigenvalue weighted by Crippen LogP contribution is 2.39. The summed E-state index contributed by atoms with van der Waals surface area (Å²) in [6.45, 7) is 10.8. The predicted octanol–water partition coefficient (Wildman–Crippen LogP) is 9.52. The van der Waals surface area contributed by atoms with Crippen LogP contribution in [0.2, 0.25) is 0 Å². The molecule has 0 atom stereocenters. The lowest BCUT2D eigenvalue weighted by Gasteiger charge is -2.23. The average molecular weight is 693 g/mol. The molecule has 1 saturated carbocycles. The van der Waals surface area contributed by atoms with Crippen LogP contribution >= 0.6 is 11.3 Å². The molecule has 0 saturated heterocycles. The summed E-state index contributed by atoms with van der Waals surface area (Å²) in [5.74, 6) is 0.691. The van der Waals surface area contributed by atoms with Gasteiger partial charge in [0, 0.05) is 50.9 Å². The van der Waals surface area contributed by atoms with Crippen LogP contribution < -0.4 is 4.74 Å². The summed E-state index contributed by atoms with van der Waals surface area (Å²) in [6.07, 6.45) is 11.3. The lowest BCUT2D eigenvalue weighted by atomic mass is 9.98. The minimum Gasteiger partial charge on any atom is -0.489 e. The summed E-state index contributed by atoms with van der Waals surface area (Å²) in [6, 6.07) is 11.6. The Morgan fingerprint density at radius 2 is 1.56 bits per heavy atom. The highest BCUT2D eigenvalue weighted by molar-refractivity contribution is 7.13. The second kappa shape index (κ2) is 13.0. The van der Waals surface area contributed by atoms with E-state index in [1.807, 2.05) is 62.5 Å². The van der Waals surface area contributed by atoms with Crippen molar-refractivity contribution in [2.24, 2.45) is 0 Å². The van der Waals surface area contributed by atoms with E-state index in [9.17, 15) is 9.59 Å². The smallest absolute Gasteiger partial charge is 0.437 e. The van der Waals surface area contributed by atoms with Gasteiger partial charge in [0.2, 0.25) is 0 Å². The Morgan fingerprint density at radius 1 is 0.820 bits per heavy atom. The van der Waals surface area contributed by atoms with Crippen LogP contribution in [0.15, 0.2) is 66.6 Å². The molecule has 6 heterocycles. The number of carbonyl (C=O) groups excluding carboxylic acids is 2. The summed E-state index contributed by atoms with van der Waals surface area (Å²) in [4.78, 5) is 42.5. The Morgan fingerprint density at radius 3 is 2.28 bits per heavy atom. The van der Waals surface area contributed by atoms with E-state index in [-0.39, 0.29) is 11.8 Å². The van der Waals surface area contributed by atoms with Crippen molar-refractivity contribution < 1.29 is 23.8 Å². The van der Waals surface area contributed by atoms with Crippen molar-refractivity contribution in [3.8, 4) is 38.7 Å². The number of hydrogen-bond donors (Lipinski definition) is 0. The molecule has 0 bridgehead atoms. The van der Waals surface area contributed by atoms with Crippen molar-refractivity contribution in [3.63, 3.8) is 0 Å².